The molecule has 0 spiro atoms. The quantitative estimate of drug-likeness (QED) is 0.731. The number of hydrogen-bond donors (Lipinski definition) is 2. The van der Waals surface area contributed by atoms with E-state index in [4.69, 9.17) is 15.2 Å². The maximum atomic E-state index is 12.8. The molecule has 0 aliphatic carbocycles. The van der Waals surface area contributed by atoms with Crippen LogP contribution in [0, 0.1) is 5.41 Å². The predicted octanol–water partition coefficient (Wildman–Crippen LogP) is 0.823. The highest BCUT2D eigenvalue weighted by Crippen LogP contribution is 2.31. The molecule has 152 valence electrons. The normalized spacial score (nSPS) is 20.5. The topological polar surface area (TPSA) is 111 Å². The van der Waals surface area contributed by atoms with Gasteiger partial charge in [0.1, 0.15) is 0 Å². The van der Waals surface area contributed by atoms with Crippen LogP contribution in [0.2, 0.25) is 0 Å². The maximum Gasteiger partial charge on any atom is 0.243 e. The Morgan fingerprint density at radius 3 is 2.41 bits per heavy atom. The number of morpholine rings is 1. The minimum atomic E-state index is -3.61. The Bertz CT molecular complexity index is 747. The van der Waals surface area contributed by atoms with Crippen molar-refractivity contribution in [2.24, 2.45) is 11.1 Å². The van der Waals surface area contributed by atoms with Crippen LogP contribution in [0.4, 0.5) is 5.69 Å². The largest absolute Gasteiger partial charge is 0.381 e. The van der Waals surface area contributed by atoms with Crippen LogP contribution in [-0.4, -0.2) is 64.7 Å². The van der Waals surface area contributed by atoms with Crippen molar-refractivity contribution >= 4 is 34.0 Å². The zero-order valence-electron chi connectivity index (χ0n) is 15.1. The number of carbonyl (C=O) groups excluding carboxylic acids is 1. The standard InChI is InChI=1S/C17H25N3O5S.ClH/c18-13-17(4-8-24-9-5-17)16(21)19-14-2-1-3-15(12-14)26(22,23)20-6-10-25-11-7-20;/h1-3,12H,4-11,13,18H2,(H,19,21);1H. The van der Waals surface area contributed by atoms with E-state index in [0.29, 0.717) is 58.0 Å². The first-order valence-corrected chi connectivity index (χ1v) is 10.2. The highest BCUT2D eigenvalue weighted by atomic mass is 35.5. The third-order valence-electron chi connectivity index (χ3n) is 5.02. The van der Waals surface area contributed by atoms with E-state index >= 15 is 0 Å². The fourth-order valence-electron chi connectivity index (χ4n) is 3.22. The van der Waals surface area contributed by atoms with Gasteiger partial charge in [0.2, 0.25) is 15.9 Å². The molecule has 0 radical (unpaired) electrons. The van der Waals surface area contributed by atoms with Crippen molar-refractivity contribution in [3.8, 4) is 0 Å². The van der Waals surface area contributed by atoms with Crippen molar-refractivity contribution in [3.63, 3.8) is 0 Å². The number of amides is 1. The SMILES string of the molecule is Cl.NCC1(C(=O)Nc2cccc(S(=O)(=O)N3CCOCC3)c2)CCOCC1. The van der Waals surface area contributed by atoms with Gasteiger partial charge in [-0.1, -0.05) is 6.07 Å². The summed E-state index contributed by atoms with van der Waals surface area (Å²) in [5.74, 6) is -0.191. The maximum absolute atomic E-state index is 12.8. The molecule has 10 heteroatoms. The second-order valence-corrected chi connectivity index (χ2v) is 8.53. The fraction of sp³-hybridized carbons (Fsp3) is 0.588. The Morgan fingerprint density at radius 1 is 1.15 bits per heavy atom. The second-order valence-electron chi connectivity index (χ2n) is 6.60. The average molecular weight is 420 g/mol. The van der Waals surface area contributed by atoms with Crippen LogP contribution in [0.15, 0.2) is 29.2 Å². The molecule has 2 aliphatic rings. The molecule has 0 bridgehead atoms. The summed E-state index contributed by atoms with van der Waals surface area (Å²) < 4.78 is 37.5. The summed E-state index contributed by atoms with van der Waals surface area (Å²) in [6.07, 6.45) is 1.11. The number of carbonyl (C=O) groups is 1. The third-order valence-corrected chi connectivity index (χ3v) is 6.92. The van der Waals surface area contributed by atoms with Crippen LogP contribution in [0.5, 0.6) is 0 Å². The van der Waals surface area contributed by atoms with E-state index in [0.717, 1.165) is 0 Å². The van der Waals surface area contributed by atoms with Crippen LogP contribution < -0.4 is 11.1 Å². The molecule has 2 heterocycles. The Kier molecular flexibility index (Phi) is 7.61. The van der Waals surface area contributed by atoms with E-state index in [9.17, 15) is 13.2 Å². The predicted molar refractivity (Wildman–Crippen MR) is 103 cm³/mol. The lowest BCUT2D eigenvalue weighted by molar-refractivity contribution is -0.130. The molecule has 2 aliphatic heterocycles. The van der Waals surface area contributed by atoms with Crippen LogP contribution in [0.3, 0.4) is 0 Å². The summed E-state index contributed by atoms with van der Waals surface area (Å²) >= 11 is 0. The number of anilines is 1. The number of sulfonamides is 1. The lowest BCUT2D eigenvalue weighted by atomic mass is 9.79. The van der Waals surface area contributed by atoms with Gasteiger partial charge in [0.15, 0.2) is 0 Å². The molecule has 1 aromatic carbocycles. The van der Waals surface area contributed by atoms with Crippen molar-refractivity contribution in [2.75, 3.05) is 51.4 Å². The molecule has 1 amide bonds. The minimum Gasteiger partial charge on any atom is -0.381 e. The molecule has 2 fully saturated rings. The van der Waals surface area contributed by atoms with Gasteiger partial charge in [-0.15, -0.1) is 12.4 Å². The van der Waals surface area contributed by atoms with Gasteiger partial charge in [0, 0.05) is 38.5 Å². The number of hydrogen-bond acceptors (Lipinski definition) is 6. The van der Waals surface area contributed by atoms with Gasteiger partial charge < -0.3 is 20.5 Å². The van der Waals surface area contributed by atoms with Crippen molar-refractivity contribution in [1.29, 1.82) is 0 Å². The summed E-state index contributed by atoms with van der Waals surface area (Å²) in [6, 6.07) is 6.33. The fourth-order valence-corrected chi connectivity index (χ4v) is 4.67. The summed E-state index contributed by atoms with van der Waals surface area (Å²) in [5, 5.41) is 2.84. The van der Waals surface area contributed by atoms with Crippen LogP contribution in [0.25, 0.3) is 0 Å². The number of halogens is 1. The Morgan fingerprint density at radius 2 is 1.78 bits per heavy atom. The first kappa shape index (κ1) is 22.1. The average Bonchev–Trinajstić information content (AvgIpc) is 2.69. The van der Waals surface area contributed by atoms with Crippen molar-refractivity contribution in [1.82, 2.24) is 4.31 Å². The lowest BCUT2D eigenvalue weighted by Gasteiger charge is -2.34. The molecular formula is C17H26ClN3O5S. The Balaban J connectivity index is 0.00000261. The van der Waals surface area contributed by atoms with Gasteiger partial charge in [0.05, 0.1) is 23.5 Å². The molecule has 0 aromatic heterocycles. The molecule has 27 heavy (non-hydrogen) atoms. The number of benzene rings is 1. The van der Waals surface area contributed by atoms with E-state index in [-0.39, 0.29) is 29.8 Å². The van der Waals surface area contributed by atoms with Crippen LogP contribution in [0.1, 0.15) is 12.8 Å². The number of nitrogens with two attached hydrogens (primary N) is 1. The van der Waals surface area contributed by atoms with Gasteiger partial charge in [-0.3, -0.25) is 4.79 Å². The molecular weight excluding hydrogens is 394 g/mol. The van der Waals surface area contributed by atoms with Gasteiger partial charge in [-0.05, 0) is 31.0 Å². The molecule has 0 unspecified atom stereocenters. The van der Waals surface area contributed by atoms with Gasteiger partial charge >= 0.3 is 0 Å². The van der Waals surface area contributed by atoms with E-state index < -0.39 is 15.4 Å². The summed E-state index contributed by atoms with van der Waals surface area (Å²) in [5.41, 5.74) is 5.64. The lowest BCUT2D eigenvalue weighted by Crippen LogP contribution is -2.46. The third kappa shape index (κ3) is 4.79. The molecule has 1 aromatic rings. The number of nitrogens with one attached hydrogen (secondary N) is 1. The summed E-state index contributed by atoms with van der Waals surface area (Å²) in [7, 11) is -3.61. The van der Waals surface area contributed by atoms with Crippen LogP contribution >= 0.6 is 12.4 Å². The Hall–Kier alpha value is -1.23. The van der Waals surface area contributed by atoms with Crippen molar-refractivity contribution < 1.29 is 22.7 Å². The van der Waals surface area contributed by atoms with E-state index in [1.54, 1.807) is 12.1 Å². The highest BCUT2D eigenvalue weighted by molar-refractivity contribution is 7.89. The highest BCUT2D eigenvalue weighted by Gasteiger charge is 2.39. The molecule has 3 N–H and O–H groups in total. The van der Waals surface area contributed by atoms with Gasteiger partial charge in [-0.25, -0.2) is 8.42 Å². The number of rotatable bonds is 5. The smallest absolute Gasteiger partial charge is 0.243 e. The molecule has 3 rings (SSSR count). The zero-order valence-corrected chi connectivity index (χ0v) is 16.7. The van der Waals surface area contributed by atoms with Crippen molar-refractivity contribution in [3.05, 3.63) is 24.3 Å². The van der Waals surface area contributed by atoms with E-state index in [1.807, 2.05) is 0 Å². The van der Waals surface area contributed by atoms with Crippen molar-refractivity contribution in [2.45, 2.75) is 17.7 Å². The number of ether oxygens (including phenoxy) is 2. The molecule has 0 saturated carbocycles. The first-order chi connectivity index (χ1) is 12.5. The monoisotopic (exact) mass is 419 g/mol. The molecule has 2 saturated heterocycles. The van der Waals surface area contributed by atoms with Gasteiger partial charge in [0.25, 0.3) is 0 Å². The van der Waals surface area contributed by atoms with E-state index in [1.165, 1.54) is 16.4 Å². The summed E-state index contributed by atoms with van der Waals surface area (Å²) in [4.78, 5) is 12.9. The van der Waals surface area contributed by atoms with Gasteiger partial charge in [-0.2, -0.15) is 4.31 Å². The minimum absolute atomic E-state index is 0. The number of nitrogens with zero attached hydrogens (tertiary/aromatic N) is 1. The first-order valence-electron chi connectivity index (χ1n) is 8.75. The second kappa shape index (κ2) is 9.31. The van der Waals surface area contributed by atoms with E-state index in [2.05, 4.69) is 5.32 Å². The van der Waals surface area contributed by atoms with Crippen LogP contribution in [-0.2, 0) is 24.3 Å². The molecule has 8 nitrogen and oxygen atoms in total. The summed E-state index contributed by atoms with van der Waals surface area (Å²) in [6.45, 7) is 2.65. The zero-order chi connectivity index (χ0) is 18.6. The molecule has 0 atom stereocenters. The Labute approximate surface area is 165 Å².